The Kier molecular flexibility index (Phi) is 6.06. The quantitative estimate of drug-likeness (QED) is 0.183. The lowest BCUT2D eigenvalue weighted by molar-refractivity contribution is 1.03. The van der Waals surface area contributed by atoms with Crippen LogP contribution < -0.4 is 4.90 Å². The van der Waals surface area contributed by atoms with Gasteiger partial charge in [0.2, 0.25) is 5.95 Å². The molecule has 0 fully saturated rings. The van der Waals surface area contributed by atoms with E-state index in [1.807, 2.05) is 22.7 Å². The van der Waals surface area contributed by atoms with Crippen molar-refractivity contribution in [1.29, 1.82) is 0 Å². The minimum atomic E-state index is 0.594. The van der Waals surface area contributed by atoms with Gasteiger partial charge in [-0.15, -0.1) is 22.7 Å². The smallest absolute Gasteiger partial charge is 0.238 e. The van der Waals surface area contributed by atoms with Crippen LogP contribution in [0.25, 0.3) is 95.8 Å². The normalized spacial score (nSPS) is 12.5. The summed E-state index contributed by atoms with van der Waals surface area (Å²) in [5, 5.41) is 9.52. The third-order valence-electron chi connectivity index (χ3n) is 10.6. The minimum absolute atomic E-state index is 0.594. The fourth-order valence-corrected chi connectivity index (χ4v) is 10.6. The largest absolute Gasteiger partial charge is 0.278 e. The van der Waals surface area contributed by atoms with E-state index in [0.29, 0.717) is 17.6 Å². The summed E-state index contributed by atoms with van der Waals surface area (Å²) in [6.45, 7) is 0. The van der Waals surface area contributed by atoms with Crippen LogP contribution in [-0.2, 0) is 0 Å². The predicted octanol–water partition coefficient (Wildman–Crippen LogP) is 13.7. The first-order valence-corrected chi connectivity index (χ1v) is 19.3. The summed E-state index contributed by atoms with van der Waals surface area (Å²) < 4.78 is 4.93. The van der Waals surface area contributed by atoms with Crippen LogP contribution in [0.3, 0.4) is 0 Å². The average Bonchev–Trinajstić information content (AvgIpc) is 3.79. The summed E-state index contributed by atoms with van der Waals surface area (Å²) in [5.41, 5.74) is 6.49. The predicted molar refractivity (Wildman–Crippen MR) is 225 cm³/mol. The van der Waals surface area contributed by atoms with E-state index in [0.717, 1.165) is 28.1 Å². The van der Waals surface area contributed by atoms with Crippen LogP contribution >= 0.6 is 22.7 Å². The summed E-state index contributed by atoms with van der Waals surface area (Å²) in [7, 11) is 0. The van der Waals surface area contributed by atoms with Crippen molar-refractivity contribution in [2.45, 2.75) is 0 Å². The molecule has 0 atom stereocenters. The molecule has 6 heteroatoms. The lowest BCUT2D eigenvalue weighted by Gasteiger charge is -2.32. The summed E-state index contributed by atoms with van der Waals surface area (Å²) in [6.07, 6.45) is 0. The van der Waals surface area contributed by atoms with Crippen LogP contribution in [0.1, 0.15) is 0 Å². The highest BCUT2D eigenvalue weighted by molar-refractivity contribution is 7.26. The Bertz CT molecular complexity index is 3180. The van der Waals surface area contributed by atoms with Crippen LogP contribution in [0, 0.1) is 0 Å². The molecule has 1 aliphatic heterocycles. The number of rotatable bonds is 3. The average molecular weight is 711 g/mol. The van der Waals surface area contributed by atoms with E-state index in [9.17, 15) is 0 Å². The second kappa shape index (κ2) is 11.0. The Labute approximate surface area is 311 Å². The highest BCUT2D eigenvalue weighted by Gasteiger charge is 2.30. The zero-order chi connectivity index (χ0) is 34.6. The van der Waals surface area contributed by atoms with Crippen molar-refractivity contribution >= 4 is 102 Å². The van der Waals surface area contributed by atoms with Gasteiger partial charge in [-0.05, 0) is 64.2 Å². The fraction of sp³-hybridized carbons (Fsp3) is 0. The number of hydrogen-bond donors (Lipinski definition) is 0. The number of fused-ring (bicyclic) bond motifs is 9. The van der Waals surface area contributed by atoms with E-state index >= 15 is 0 Å². The molecule has 0 aliphatic carbocycles. The molecule has 11 aromatic rings. The van der Waals surface area contributed by atoms with Gasteiger partial charge in [-0.1, -0.05) is 115 Å². The van der Waals surface area contributed by atoms with Crippen LogP contribution in [0.4, 0.5) is 17.3 Å². The second-order valence-electron chi connectivity index (χ2n) is 13.6. The molecule has 1 aliphatic rings. The lowest BCUT2D eigenvalue weighted by Crippen LogP contribution is -2.19. The monoisotopic (exact) mass is 710 g/mol. The van der Waals surface area contributed by atoms with Gasteiger partial charge in [-0.3, -0.25) is 4.90 Å². The van der Waals surface area contributed by atoms with Crippen molar-refractivity contribution < 1.29 is 0 Å². The van der Waals surface area contributed by atoms with E-state index in [2.05, 4.69) is 163 Å². The number of thiophene rings is 2. The van der Waals surface area contributed by atoms with Gasteiger partial charge in [0.15, 0.2) is 11.6 Å². The molecule has 246 valence electrons. The Morgan fingerprint density at radius 1 is 0.358 bits per heavy atom. The number of hydrogen-bond acceptors (Lipinski definition) is 6. The molecular weight excluding hydrogens is 685 g/mol. The van der Waals surface area contributed by atoms with Gasteiger partial charge in [0.25, 0.3) is 0 Å². The molecule has 0 spiro atoms. The molecule has 4 nitrogen and oxygen atoms in total. The maximum Gasteiger partial charge on any atom is 0.238 e. The first-order chi connectivity index (χ1) is 26.3. The molecule has 0 saturated heterocycles. The molecule has 0 amide bonds. The van der Waals surface area contributed by atoms with Crippen molar-refractivity contribution in [3.8, 4) is 33.9 Å². The molecule has 0 unspecified atom stereocenters. The number of aromatic nitrogens is 3. The van der Waals surface area contributed by atoms with Crippen molar-refractivity contribution in [3.05, 3.63) is 158 Å². The molecule has 3 aromatic heterocycles. The molecule has 12 rings (SSSR count). The standard InChI is InChI=1S/C47H26N4S2/c1-2-12-29-26-37-35(25-28(29)11-1)30-17-7-13-27-14-8-20-36(42(27)30)51(37)47-49-45(33-18-9-23-40-43(33)31-15-3-5-21-38(31)52-40)48-46(50-47)34-19-10-24-41-44(34)32-16-4-6-22-39(32)53-41/h1-26H. The maximum absolute atomic E-state index is 5.47. The SMILES string of the molecule is c1ccc2cc3c(cc2c1)-c1cccc2cccc(c12)N3c1nc(-c2cccc3sc4ccccc4c23)nc(-c2cccc3sc4ccccc4c23)n1. The Morgan fingerprint density at radius 2 is 0.868 bits per heavy atom. The molecule has 0 saturated carbocycles. The van der Waals surface area contributed by atoms with Crippen molar-refractivity contribution in [2.75, 3.05) is 4.90 Å². The fourth-order valence-electron chi connectivity index (χ4n) is 8.33. The summed E-state index contributed by atoms with van der Waals surface area (Å²) in [6, 6.07) is 56.6. The van der Waals surface area contributed by atoms with Crippen molar-refractivity contribution in [1.82, 2.24) is 15.0 Å². The Hall–Kier alpha value is -6.47. The van der Waals surface area contributed by atoms with Gasteiger partial charge < -0.3 is 0 Å². The summed E-state index contributed by atoms with van der Waals surface area (Å²) in [5.74, 6) is 1.91. The third-order valence-corrected chi connectivity index (χ3v) is 12.9. The zero-order valence-corrected chi connectivity index (χ0v) is 29.7. The Balaban J connectivity index is 1.21. The first kappa shape index (κ1) is 29.1. The number of anilines is 3. The number of benzene rings is 8. The van der Waals surface area contributed by atoms with Gasteiger partial charge in [0.1, 0.15) is 0 Å². The zero-order valence-electron chi connectivity index (χ0n) is 28.1. The van der Waals surface area contributed by atoms with Crippen molar-refractivity contribution in [2.24, 2.45) is 0 Å². The molecule has 0 N–H and O–H groups in total. The highest BCUT2D eigenvalue weighted by atomic mass is 32.1. The minimum Gasteiger partial charge on any atom is -0.278 e. The summed E-state index contributed by atoms with van der Waals surface area (Å²) in [4.78, 5) is 18.6. The third kappa shape index (κ3) is 4.25. The molecule has 53 heavy (non-hydrogen) atoms. The Morgan fingerprint density at radius 3 is 1.53 bits per heavy atom. The van der Waals surface area contributed by atoms with Gasteiger partial charge >= 0.3 is 0 Å². The highest BCUT2D eigenvalue weighted by Crippen LogP contribution is 2.52. The molecule has 0 bridgehead atoms. The molecule has 8 aromatic carbocycles. The first-order valence-electron chi connectivity index (χ1n) is 17.7. The van der Waals surface area contributed by atoms with Gasteiger partial charge in [-0.25, -0.2) is 4.98 Å². The van der Waals surface area contributed by atoms with Crippen LogP contribution in [-0.4, -0.2) is 15.0 Å². The second-order valence-corrected chi connectivity index (χ2v) is 15.7. The van der Waals surface area contributed by atoms with E-state index < -0.39 is 0 Å². The summed E-state index contributed by atoms with van der Waals surface area (Å²) >= 11 is 3.62. The van der Waals surface area contributed by atoms with E-state index in [1.165, 1.54) is 67.5 Å². The van der Waals surface area contributed by atoms with Gasteiger partial charge in [0.05, 0.1) is 11.4 Å². The van der Waals surface area contributed by atoms with Crippen molar-refractivity contribution in [3.63, 3.8) is 0 Å². The maximum atomic E-state index is 5.47. The molecular formula is C47H26N4S2. The molecule has 4 heterocycles. The topological polar surface area (TPSA) is 41.9 Å². The van der Waals surface area contributed by atoms with Crippen LogP contribution in [0.5, 0.6) is 0 Å². The van der Waals surface area contributed by atoms with E-state index in [4.69, 9.17) is 15.0 Å². The van der Waals surface area contributed by atoms with E-state index in [1.54, 1.807) is 0 Å². The number of nitrogens with zero attached hydrogens (tertiary/aromatic N) is 4. The van der Waals surface area contributed by atoms with Gasteiger partial charge in [0, 0.05) is 62.4 Å². The van der Waals surface area contributed by atoms with Crippen LogP contribution in [0.2, 0.25) is 0 Å². The molecule has 0 radical (unpaired) electrons. The lowest BCUT2D eigenvalue weighted by atomic mass is 9.90. The van der Waals surface area contributed by atoms with E-state index in [-0.39, 0.29) is 0 Å². The van der Waals surface area contributed by atoms with Gasteiger partial charge in [-0.2, -0.15) is 9.97 Å². The van der Waals surface area contributed by atoms with Crippen LogP contribution in [0.15, 0.2) is 158 Å².